The van der Waals surface area contributed by atoms with Gasteiger partial charge in [-0.1, -0.05) is 70.1 Å². The Kier molecular flexibility index (Phi) is 8.09. The summed E-state index contributed by atoms with van der Waals surface area (Å²) in [5, 5.41) is 0. The number of pyridine rings is 1. The monoisotopic (exact) mass is 498 g/mol. The summed E-state index contributed by atoms with van der Waals surface area (Å²) < 4.78 is 2.13. The second kappa shape index (κ2) is 11.0. The van der Waals surface area contributed by atoms with Crippen molar-refractivity contribution in [3.63, 3.8) is 0 Å². The largest absolute Gasteiger partial charge is 0.356 e. The Morgan fingerprint density at radius 1 is 1.24 bits per heavy atom. The van der Waals surface area contributed by atoms with Crippen LogP contribution in [0.2, 0.25) is 0 Å². The second-order valence-corrected chi connectivity index (χ2v) is 11.1. The van der Waals surface area contributed by atoms with Crippen LogP contribution in [0.1, 0.15) is 64.9 Å². The molecule has 6 nitrogen and oxygen atoms in total. The van der Waals surface area contributed by atoms with Crippen LogP contribution in [0.3, 0.4) is 0 Å². The molecule has 2 fully saturated rings. The maximum absolute atomic E-state index is 13.5. The molecule has 1 atom stereocenters. The second-order valence-electron chi connectivity index (χ2n) is 9.46. The Morgan fingerprint density at radius 3 is 2.71 bits per heavy atom. The van der Waals surface area contributed by atoms with Gasteiger partial charge in [-0.3, -0.25) is 18.9 Å². The zero-order valence-electron chi connectivity index (χ0n) is 20.3. The third kappa shape index (κ3) is 5.23. The number of carbonyl (C=O) groups excluding carboxylic acids is 1. The molecule has 2 aromatic heterocycles. The molecule has 2 aliphatic rings. The van der Waals surface area contributed by atoms with Crippen molar-refractivity contribution in [2.75, 3.05) is 24.5 Å². The highest BCUT2D eigenvalue weighted by atomic mass is 32.2. The summed E-state index contributed by atoms with van der Waals surface area (Å²) in [4.78, 5) is 36.2. The fourth-order valence-electron chi connectivity index (χ4n) is 4.64. The van der Waals surface area contributed by atoms with Gasteiger partial charge >= 0.3 is 0 Å². The molecular formula is C26H34N4O2S2. The number of piperidine rings is 1. The average Bonchev–Trinajstić information content (AvgIpc) is 3.11. The van der Waals surface area contributed by atoms with Crippen molar-refractivity contribution in [1.82, 2.24) is 14.3 Å². The standard InChI is InChI=1S/C26H34N4O2S2/c1-4-6-9-19(5-2)17-30-25(32)21(34-26(30)33)16-20-23(28-14-11-18(3)12-15-28)27-22-10-7-8-13-29(22)24(20)31/h7-8,10,13,16,18-19H,4-6,9,11-12,14-15,17H2,1-3H3/b21-16+. The van der Waals surface area contributed by atoms with Gasteiger partial charge in [0, 0.05) is 25.8 Å². The molecule has 182 valence electrons. The number of nitrogens with zero attached hydrogens (tertiary/aromatic N) is 4. The predicted octanol–water partition coefficient (Wildman–Crippen LogP) is 5.35. The fourth-order valence-corrected chi connectivity index (χ4v) is 5.90. The van der Waals surface area contributed by atoms with Gasteiger partial charge in [0.1, 0.15) is 15.8 Å². The maximum Gasteiger partial charge on any atom is 0.267 e. The summed E-state index contributed by atoms with van der Waals surface area (Å²) in [6.45, 7) is 8.97. The molecule has 2 aliphatic heterocycles. The van der Waals surface area contributed by atoms with Gasteiger partial charge in [0.2, 0.25) is 0 Å². The van der Waals surface area contributed by atoms with E-state index in [9.17, 15) is 9.59 Å². The first-order chi connectivity index (χ1) is 16.4. The minimum atomic E-state index is -0.154. The fraction of sp³-hybridized carbons (Fsp3) is 0.538. The first-order valence-electron chi connectivity index (χ1n) is 12.4. The van der Waals surface area contributed by atoms with Crippen LogP contribution in [0.15, 0.2) is 34.1 Å². The number of hydrogen-bond donors (Lipinski definition) is 0. The molecule has 1 amide bonds. The number of thioether (sulfide) groups is 1. The van der Waals surface area contributed by atoms with Gasteiger partial charge in [0.15, 0.2) is 0 Å². The van der Waals surface area contributed by atoms with Crippen molar-refractivity contribution in [1.29, 1.82) is 0 Å². The van der Waals surface area contributed by atoms with E-state index in [0.717, 1.165) is 51.6 Å². The first kappa shape index (κ1) is 24.9. The van der Waals surface area contributed by atoms with Crippen LogP contribution >= 0.6 is 24.0 Å². The number of amides is 1. The molecule has 8 heteroatoms. The lowest BCUT2D eigenvalue weighted by Crippen LogP contribution is -2.36. The zero-order valence-corrected chi connectivity index (χ0v) is 22.0. The predicted molar refractivity (Wildman–Crippen MR) is 145 cm³/mol. The summed E-state index contributed by atoms with van der Waals surface area (Å²) >= 11 is 6.89. The van der Waals surface area contributed by atoms with E-state index in [1.54, 1.807) is 21.6 Å². The Labute approximate surface area is 211 Å². The number of carbonyl (C=O) groups is 1. The maximum atomic E-state index is 13.5. The molecule has 4 rings (SSSR count). The van der Waals surface area contributed by atoms with Gasteiger partial charge in [-0.15, -0.1) is 0 Å². The Hall–Kier alpha value is -2.19. The smallest absolute Gasteiger partial charge is 0.267 e. The summed E-state index contributed by atoms with van der Waals surface area (Å²) in [5.41, 5.74) is 0.934. The molecule has 0 bridgehead atoms. The molecule has 0 aliphatic carbocycles. The van der Waals surface area contributed by atoms with E-state index in [1.807, 2.05) is 18.2 Å². The topological polar surface area (TPSA) is 57.9 Å². The highest BCUT2D eigenvalue weighted by Gasteiger charge is 2.34. The molecule has 0 spiro atoms. The number of rotatable bonds is 8. The van der Waals surface area contributed by atoms with Crippen molar-refractivity contribution in [3.8, 4) is 0 Å². The summed E-state index contributed by atoms with van der Waals surface area (Å²) in [7, 11) is 0. The first-order valence-corrected chi connectivity index (χ1v) is 13.7. The van der Waals surface area contributed by atoms with Crippen LogP contribution in [-0.4, -0.2) is 44.1 Å². The van der Waals surface area contributed by atoms with E-state index < -0.39 is 0 Å². The van der Waals surface area contributed by atoms with Crippen LogP contribution in [0.4, 0.5) is 5.82 Å². The third-order valence-electron chi connectivity index (χ3n) is 6.97. The van der Waals surface area contributed by atoms with Gasteiger partial charge in [-0.2, -0.15) is 0 Å². The van der Waals surface area contributed by atoms with Gasteiger partial charge in [0.25, 0.3) is 11.5 Å². The van der Waals surface area contributed by atoms with Gasteiger partial charge < -0.3 is 4.90 Å². The Morgan fingerprint density at radius 2 is 2.00 bits per heavy atom. The quantitative estimate of drug-likeness (QED) is 0.361. The molecule has 1 unspecified atom stereocenters. The molecule has 2 saturated heterocycles. The molecular weight excluding hydrogens is 464 g/mol. The van der Waals surface area contributed by atoms with Crippen LogP contribution in [0.5, 0.6) is 0 Å². The molecule has 0 N–H and O–H groups in total. The van der Waals surface area contributed by atoms with Crippen molar-refractivity contribution in [3.05, 3.63) is 45.2 Å². The van der Waals surface area contributed by atoms with E-state index in [-0.39, 0.29) is 11.5 Å². The molecule has 2 aromatic rings. The van der Waals surface area contributed by atoms with E-state index >= 15 is 0 Å². The minimum absolute atomic E-state index is 0.0966. The van der Waals surface area contributed by atoms with E-state index in [2.05, 4.69) is 25.7 Å². The number of fused-ring (bicyclic) bond motifs is 1. The number of anilines is 1. The van der Waals surface area contributed by atoms with Crippen molar-refractivity contribution >= 4 is 51.7 Å². The Balaban J connectivity index is 1.70. The highest BCUT2D eigenvalue weighted by Crippen LogP contribution is 2.35. The molecule has 4 heterocycles. The minimum Gasteiger partial charge on any atom is -0.356 e. The van der Waals surface area contributed by atoms with Crippen molar-refractivity contribution < 1.29 is 4.79 Å². The molecule has 34 heavy (non-hydrogen) atoms. The van der Waals surface area contributed by atoms with Gasteiger partial charge in [-0.05, 0) is 49.3 Å². The lowest BCUT2D eigenvalue weighted by Gasteiger charge is -2.32. The van der Waals surface area contributed by atoms with E-state index in [0.29, 0.717) is 44.6 Å². The molecule has 0 radical (unpaired) electrons. The van der Waals surface area contributed by atoms with Crippen LogP contribution in [0, 0.1) is 11.8 Å². The van der Waals surface area contributed by atoms with Gasteiger partial charge in [0.05, 0.1) is 10.5 Å². The van der Waals surface area contributed by atoms with Crippen molar-refractivity contribution in [2.24, 2.45) is 11.8 Å². The van der Waals surface area contributed by atoms with Gasteiger partial charge in [-0.25, -0.2) is 4.98 Å². The van der Waals surface area contributed by atoms with Crippen molar-refractivity contribution in [2.45, 2.75) is 59.3 Å². The van der Waals surface area contributed by atoms with E-state index in [4.69, 9.17) is 17.2 Å². The number of aromatic nitrogens is 2. The van der Waals surface area contributed by atoms with Crippen LogP contribution in [-0.2, 0) is 4.79 Å². The molecule has 0 saturated carbocycles. The van der Waals surface area contributed by atoms with E-state index in [1.165, 1.54) is 11.8 Å². The normalized spacial score (nSPS) is 19.6. The SMILES string of the molecule is CCCCC(CC)CN1C(=O)/C(=C\c2c(N3CCC(C)CC3)nc3ccccn3c2=O)SC1=S. The number of unbranched alkanes of at least 4 members (excludes halogenated alkanes) is 1. The molecule has 0 aromatic carbocycles. The van der Waals surface area contributed by atoms with Crippen LogP contribution in [0.25, 0.3) is 11.7 Å². The lowest BCUT2D eigenvalue weighted by molar-refractivity contribution is -0.122. The number of thiocarbonyl (C=S) groups is 1. The van der Waals surface area contributed by atoms with Crippen LogP contribution < -0.4 is 10.5 Å². The lowest BCUT2D eigenvalue weighted by atomic mass is 9.98. The summed E-state index contributed by atoms with van der Waals surface area (Å²) in [6.07, 6.45) is 10.00. The zero-order chi connectivity index (χ0) is 24.2. The highest BCUT2D eigenvalue weighted by molar-refractivity contribution is 8.26. The number of hydrogen-bond acceptors (Lipinski definition) is 6. The average molecular weight is 499 g/mol. The third-order valence-corrected chi connectivity index (χ3v) is 8.34. The summed E-state index contributed by atoms with van der Waals surface area (Å²) in [5.74, 6) is 1.67. The Bertz CT molecular complexity index is 1150. The summed E-state index contributed by atoms with van der Waals surface area (Å²) in [6, 6.07) is 5.56.